The normalized spacial score (nSPS) is 21.7. The van der Waals surface area contributed by atoms with Crippen LogP contribution in [0.2, 0.25) is 0 Å². The summed E-state index contributed by atoms with van der Waals surface area (Å²) in [6, 6.07) is 13.7. The van der Waals surface area contributed by atoms with Gasteiger partial charge in [-0.15, -0.1) is 0 Å². The van der Waals surface area contributed by atoms with E-state index in [1.165, 1.54) is 0 Å². The van der Waals surface area contributed by atoms with Gasteiger partial charge in [-0.25, -0.2) is 8.78 Å². The molecule has 1 saturated heterocycles. The molecule has 0 spiro atoms. The van der Waals surface area contributed by atoms with Crippen molar-refractivity contribution in [3.8, 4) is 0 Å². The number of hydrogen-bond acceptors (Lipinski definition) is 5. The van der Waals surface area contributed by atoms with Crippen LogP contribution < -0.4 is 5.32 Å². The number of carbonyl (C=O) groups excluding carboxylic acids is 1. The summed E-state index contributed by atoms with van der Waals surface area (Å²) < 4.78 is 27.8. The monoisotopic (exact) mass is 475 g/mol. The van der Waals surface area contributed by atoms with Crippen LogP contribution in [-0.2, 0) is 17.8 Å². The first-order chi connectivity index (χ1) is 16.9. The second-order valence-electron chi connectivity index (χ2n) is 9.24. The Morgan fingerprint density at radius 3 is 2.71 bits per heavy atom. The highest BCUT2D eigenvalue weighted by molar-refractivity contribution is 6.15. The molecule has 2 aromatic heterocycles. The molecule has 2 aliphatic heterocycles. The Labute approximate surface area is 203 Å². The number of aryl methyl sites for hydroxylation is 1. The number of fused-ring (bicyclic) bond motifs is 1. The molecule has 0 aliphatic carbocycles. The maximum absolute atomic E-state index is 13.9. The number of carbonyl (C=O) groups is 1. The molecule has 1 aromatic carbocycles. The van der Waals surface area contributed by atoms with Crippen molar-refractivity contribution in [3.05, 3.63) is 94.6 Å². The predicted octanol–water partition coefficient (Wildman–Crippen LogP) is 3.53. The van der Waals surface area contributed by atoms with Crippen molar-refractivity contribution in [2.75, 3.05) is 13.6 Å². The summed E-state index contributed by atoms with van der Waals surface area (Å²) in [4.78, 5) is 28.0. The molecule has 0 unspecified atom stereocenters. The Balaban J connectivity index is 1.30. The molecule has 8 heteroatoms. The van der Waals surface area contributed by atoms with Crippen LogP contribution in [0.25, 0.3) is 0 Å². The average molecular weight is 476 g/mol. The van der Waals surface area contributed by atoms with Gasteiger partial charge >= 0.3 is 0 Å². The number of alkyl halides is 2. The smallest absolute Gasteiger partial charge is 0.254 e. The van der Waals surface area contributed by atoms with Gasteiger partial charge in [0, 0.05) is 41.7 Å². The van der Waals surface area contributed by atoms with E-state index in [0.29, 0.717) is 18.8 Å². The fourth-order valence-corrected chi connectivity index (χ4v) is 5.25. The molecule has 0 saturated carbocycles. The number of nitrogens with zero attached hydrogens (tertiary/aromatic N) is 4. The van der Waals surface area contributed by atoms with Crippen LogP contribution >= 0.6 is 0 Å². The summed E-state index contributed by atoms with van der Waals surface area (Å²) in [5.41, 5.74) is 6.21. The molecular weight excluding hydrogens is 448 g/mol. The highest BCUT2D eigenvalue weighted by atomic mass is 19.3. The van der Waals surface area contributed by atoms with Gasteiger partial charge in [0.15, 0.2) is 0 Å². The van der Waals surface area contributed by atoms with E-state index in [4.69, 9.17) is 0 Å². The van der Waals surface area contributed by atoms with Gasteiger partial charge in [0.1, 0.15) is 0 Å². The maximum atomic E-state index is 13.9. The quantitative estimate of drug-likeness (QED) is 0.592. The first-order valence-corrected chi connectivity index (χ1v) is 11.7. The minimum atomic E-state index is -2.51. The second-order valence-corrected chi connectivity index (χ2v) is 9.24. The summed E-state index contributed by atoms with van der Waals surface area (Å²) in [7, 11) is 1.68. The summed E-state index contributed by atoms with van der Waals surface area (Å²) in [5.74, 6) is -0.714. The van der Waals surface area contributed by atoms with Crippen LogP contribution in [0, 0.1) is 6.92 Å². The summed E-state index contributed by atoms with van der Waals surface area (Å²) in [6.07, 6.45) is 1.10. The number of pyridine rings is 2. The molecule has 1 amide bonds. The maximum Gasteiger partial charge on any atom is 0.254 e. The fraction of sp³-hybridized carbons (Fsp3) is 0.333. The molecule has 0 radical (unpaired) electrons. The van der Waals surface area contributed by atoms with E-state index in [2.05, 4.69) is 20.3 Å². The molecule has 1 fully saturated rings. The van der Waals surface area contributed by atoms with E-state index < -0.39 is 24.4 Å². The van der Waals surface area contributed by atoms with Crippen LogP contribution in [0.5, 0.6) is 0 Å². The van der Waals surface area contributed by atoms with E-state index >= 15 is 0 Å². The minimum absolute atomic E-state index is 0.0814. The third kappa shape index (κ3) is 4.71. The molecule has 180 valence electrons. The fourth-order valence-electron chi connectivity index (χ4n) is 5.25. The molecule has 5 rings (SSSR count). The Hall–Kier alpha value is -3.52. The molecule has 0 bridgehead atoms. The summed E-state index contributed by atoms with van der Waals surface area (Å²) >= 11 is 0. The van der Waals surface area contributed by atoms with Gasteiger partial charge in [-0.2, -0.15) is 0 Å². The standard InChI is InChI=1S/C27H27F2N5O/c1-16-10-18(8-9-30-16)25-21-14-31-20(11-19(21)13-32-25)12-23(35)33-22-15-34(2)26(27(28)29)24(22)17-6-4-3-5-7-17/h3-11,14,22,24,26-27H,12-13,15H2,1-2H3,(H,33,35)/t22-,24+,26-/m0/s1. The van der Waals surface area contributed by atoms with Crippen LogP contribution in [0.4, 0.5) is 8.78 Å². The van der Waals surface area contributed by atoms with E-state index in [9.17, 15) is 13.6 Å². The van der Waals surface area contributed by atoms with Gasteiger partial charge in [0.2, 0.25) is 5.91 Å². The number of halogens is 2. The van der Waals surface area contributed by atoms with Gasteiger partial charge < -0.3 is 5.32 Å². The zero-order valence-electron chi connectivity index (χ0n) is 19.7. The zero-order valence-corrected chi connectivity index (χ0v) is 19.7. The van der Waals surface area contributed by atoms with Crippen LogP contribution in [0.1, 0.15) is 39.6 Å². The Morgan fingerprint density at radius 1 is 1.17 bits per heavy atom. The van der Waals surface area contributed by atoms with Crippen molar-refractivity contribution in [1.29, 1.82) is 0 Å². The van der Waals surface area contributed by atoms with Crippen LogP contribution in [-0.4, -0.2) is 58.6 Å². The Morgan fingerprint density at radius 2 is 1.97 bits per heavy atom. The van der Waals surface area contributed by atoms with Crippen LogP contribution in [0.3, 0.4) is 0 Å². The lowest BCUT2D eigenvalue weighted by atomic mass is 9.88. The largest absolute Gasteiger partial charge is 0.351 e. The van der Waals surface area contributed by atoms with E-state index in [-0.39, 0.29) is 12.3 Å². The third-order valence-corrected chi connectivity index (χ3v) is 6.80. The summed E-state index contributed by atoms with van der Waals surface area (Å²) in [5, 5.41) is 3.01. The number of nitrogens with one attached hydrogen (secondary N) is 1. The Kier molecular flexibility index (Phi) is 6.38. The number of rotatable bonds is 6. The van der Waals surface area contributed by atoms with E-state index in [1.807, 2.05) is 55.5 Å². The Bertz CT molecular complexity index is 1260. The van der Waals surface area contributed by atoms with E-state index in [0.717, 1.165) is 33.7 Å². The van der Waals surface area contributed by atoms with Crippen LogP contribution in [0.15, 0.2) is 65.9 Å². The summed E-state index contributed by atoms with van der Waals surface area (Å²) in [6.45, 7) is 2.83. The minimum Gasteiger partial charge on any atom is -0.351 e. The highest BCUT2D eigenvalue weighted by Gasteiger charge is 2.46. The van der Waals surface area contributed by atoms with Gasteiger partial charge in [-0.05, 0) is 43.3 Å². The second kappa shape index (κ2) is 9.62. The van der Waals surface area contributed by atoms with Gasteiger partial charge in [0.05, 0.1) is 36.5 Å². The number of aliphatic imine (C=N–C) groups is 1. The molecule has 1 N–H and O–H groups in total. The number of aromatic nitrogens is 2. The topological polar surface area (TPSA) is 70.5 Å². The molecule has 4 heterocycles. The van der Waals surface area contributed by atoms with Crippen molar-refractivity contribution in [2.24, 2.45) is 4.99 Å². The lowest BCUT2D eigenvalue weighted by molar-refractivity contribution is -0.121. The van der Waals surface area contributed by atoms with Crippen molar-refractivity contribution in [1.82, 2.24) is 20.2 Å². The van der Waals surface area contributed by atoms with Crippen molar-refractivity contribution in [3.63, 3.8) is 0 Å². The van der Waals surface area contributed by atoms with Gasteiger partial charge in [-0.1, -0.05) is 30.3 Å². The molecule has 6 nitrogen and oxygen atoms in total. The lowest BCUT2D eigenvalue weighted by Gasteiger charge is -2.26. The molecule has 3 aromatic rings. The number of amides is 1. The van der Waals surface area contributed by atoms with Crippen molar-refractivity contribution < 1.29 is 13.6 Å². The lowest BCUT2D eigenvalue weighted by Crippen LogP contribution is -2.41. The van der Waals surface area contributed by atoms with Gasteiger partial charge in [0.25, 0.3) is 6.43 Å². The van der Waals surface area contributed by atoms with Crippen molar-refractivity contribution >= 4 is 11.6 Å². The number of benzene rings is 1. The highest BCUT2D eigenvalue weighted by Crippen LogP contribution is 2.36. The molecular formula is C27H27F2N5O. The molecule has 35 heavy (non-hydrogen) atoms. The molecule has 3 atom stereocenters. The number of hydrogen-bond donors (Lipinski definition) is 1. The first kappa shape index (κ1) is 23.2. The first-order valence-electron chi connectivity index (χ1n) is 11.7. The van der Waals surface area contributed by atoms with Crippen molar-refractivity contribution in [2.45, 2.75) is 44.3 Å². The predicted molar refractivity (Wildman–Crippen MR) is 130 cm³/mol. The number of likely N-dealkylation sites (N-methyl/N-ethyl adjacent to an activating group) is 1. The SMILES string of the molecule is Cc1cc(C2=NCc3cc(CC(=O)N[C@H]4CN(C)[C@H](C(F)F)[C@@H]4c4ccccc4)ncc32)ccn1. The molecule has 2 aliphatic rings. The van der Waals surface area contributed by atoms with E-state index in [1.54, 1.807) is 24.3 Å². The third-order valence-electron chi connectivity index (χ3n) is 6.80. The number of likely N-dealkylation sites (tertiary alicyclic amines) is 1. The average Bonchev–Trinajstić information content (AvgIpc) is 3.39. The zero-order chi connectivity index (χ0) is 24.5. The van der Waals surface area contributed by atoms with Gasteiger partial charge in [-0.3, -0.25) is 24.7 Å².